The Labute approximate surface area is 419 Å². The Bertz CT molecular complexity index is 263. The van der Waals surface area contributed by atoms with Gasteiger partial charge in [0.15, 0.2) is 0 Å². The second-order valence-electron chi connectivity index (χ2n) is 2.46. The van der Waals surface area contributed by atoms with Crippen LogP contribution in [0.5, 0.6) is 0 Å². The monoisotopic (exact) mass is 636 g/mol. The van der Waals surface area contributed by atoms with Gasteiger partial charge in [0.05, 0.1) is 0 Å². The fraction of sp³-hybridized carbons (Fsp3) is 0.500. The Balaban J connectivity index is -0.00000000403. The first-order valence-corrected chi connectivity index (χ1v) is 4.54. The molecule has 0 aliphatic carbocycles. The average molecular weight is 638 g/mol. The summed E-state index contributed by atoms with van der Waals surface area (Å²) in [5.74, 6) is -5.42. The van der Waals surface area contributed by atoms with Gasteiger partial charge in [-0.1, -0.05) is 0 Å². The Morgan fingerprint density at radius 2 is 0.314 bits per heavy atom. The fourth-order valence-electron chi connectivity index (χ4n) is 0. The summed E-state index contributed by atoms with van der Waals surface area (Å²) in [6, 6.07) is 0. The first-order chi connectivity index (χ1) is 8.66. The smallest absolute Gasteiger partial charge is 1.00 e. The van der Waals surface area contributed by atoms with E-state index >= 15 is 0 Å². The van der Waals surface area contributed by atoms with E-state index in [0.717, 1.165) is 34.6 Å². The summed E-state index contributed by atoms with van der Waals surface area (Å²) in [6.45, 7) is 4.86. The zero-order valence-electron chi connectivity index (χ0n) is 23.5. The van der Waals surface area contributed by atoms with Gasteiger partial charge in [0, 0.05) is 29.8 Å². The van der Waals surface area contributed by atoms with Gasteiger partial charge in [0.25, 0.3) is 0 Å². The van der Waals surface area contributed by atoms with Gasteiger partial charge >= 0.3 is 253 Å². The number of carbonyl (C=O) groups is 5. The maximum absolute atomic E-state index is 8.89. The molecule has 0 bridgehead atoms. The number of hydrogen-bond acceptors (Lipinski definition) is 10. The maximum Gasteiger partial charge on any atom is 1.00 e. The minimum atomic E-state index is -1.08. The van der Waals surface area contributed by atoms with Crippen molar-refractivity contribution in [2.24, 2.45) is 0 Å². The van der Waals surface area contributed by atoms with E-state index in [-0.39, 0.29) is 315 Å². The number of halogens is 5. The Hall–Kier alpha value is 7.19. The van der Waals surface area contributed by atoms with Crippen LogP contribution in [0, 0.1) is 0 Å². The number of carboxylic acid groups (broad SMARTS) is 5. The predicted octanol–water partition coefficient (Wildman–Crippen LogP) is -51.2. The van der Waals surface area contributed by atoms with Crippen LogP contribution in [0.25, 0.3) is 0 Å². The van der Waals surface area contributed by atoms with Crippen LogP contribution in [-0.2, 0) is 24.0 Å². The molecule has 10 nitrogen and oxygen atoms in total. The Morgan fingerprint density at radius 3 is 0.314 bits per heavy atom. The molecule has 0 saturated carbocycles. The van der Waals surface area contributed by atoms with Crippen LogP contribution in [0.1, 0.15) is 34.6 Å². The minimum Gasteiger partial charge on any atom is -1.00 e. The van der Waals surface area contributed by atoms with Gasteiger partial charge in [-0.15, -0.1) is 0 Å². The topological polar surface area (TPSA) is 201 Å². The molecular weight excluding hydrogens is 623 g/mol. The molecule has 0 N–H and O–H groups in total. The Morgan fingerprint density at radius 1 is 0.314 bits per heavy atom. The zero-order chi connectivity index (χ0) is 17.9. The minimum absolute atomic E-state index is 0. The van der Waals surface area contributed by atoms with E-state index < -0.39 is 29.8 Å². The van der Waals surface area contributed by atoms with E-state index in [1.807, 2.05) is 0 Å². The standard InChI is InChI=1S/5C2H4O2.5ClH.4Li.6Na/c5*1-2(3)4;;;;;;;;;;;;;;;/h5*1H3,(H,3,4);5*1H;;;;;;;;;;/q;;;;;;;;;;10*+1/p-10. The van der Waals surface area contributed by atoms with Crippen LogP contribution in [-0.4, -0.2) is 29.8 Å². The second kappa shape index (κ2) is 135. The molecule has 0 fully saturated rings. The van der Waals surface area contributed by atoms with Gasteiger partial charge in [-0.25, -0.2) is 0 Å². The number of hydrogen-bond donors (Lipinski definition) is 0. The third kappa shape index (κ3) is 1220. The zero-order valence-corrected chi connectivity index (χ0v) is 39.3. The van der Waals surface area contributed by atoms with E-state index in [1.54, 1.807) is 0 Å². The van der Waals surface area contributed by atoms with E-state index in [1.165, 1.54) is 0 Å². The molecule has 0 aromatic rings. The van der Waals surface area contributed by atoms with Gasteiger partial charge in [0.1, 0.15) is 0 Å². The van der Waals surface area contributed by atoms with Gasteiger partial charge < -0.3 is 112 Å². The SMILES string of the molecule is CC(=O)[O-].CC(=O)[O-].CC(=O)[O-].CC(=O)[O-].CC(=O)[O-].[Cl-].[Cl-].[Cl-].[Cl-].[Cl-].[Li+].[Li+].[Li+].[Li+].[Na+].[Na+].[Na+].[Na+].[Na+].[Na+]. The maximum atomic E-state index is 8.89. The van der Waals surface area contributed by atoms with Crippen molar-refractivity contribution in [3.8, 4) is 0 Å². The normalized spacial score (nSPS) is 3.57. The van der Waals surface area contributed by atoms with Gasteiger partial charge in [-0.2, -0.15) is 0 Å². The molecule has 0 aliphatic heterocycles. The van der Waals surface area contributed by atoms with Crippen molar-refractivity contribution in [3.63, 3.8) is 0 Å². The van der Waals surface area contributed by atoms with Crippen molar-refractivity contribution >= 4 is 29.8 Å². The van der Waals surface area contributed by atoms with Crippen molar-refractivity contribution in [2.75, 3.05) is 0 Å². The number of carbonyl (C=O) groups excluding carboxylic acids is 5. The number of aliphatic carboxylic acids is 5. The molecule has 0 amide bonds. The average Bonchev–Trinajstić information content (AvgIpc) is 1.94. The molecule has 0 rings (SSSR count). The van der Waals surface area contributed by atoms with Crippen LogP contribution < -0.4 is 340 Å². The summed E-state index contributed by atoms with van der Waals surface area (Å²) in [7, 11) is 0. The van der Waals surface area contributed by atoms with Gasteiger partial charge in [0.2, 0.25) is 0 Å². The molecule has 0 unspecified atom stereocenters. The first-order valence-electron chi connectivity index (χ1n) is 4.54. The van der Waals surface area contributed by atoms with Crippen LogP contribution in [0.2, 0.25) is 0 Å². The molecule has 0 aromatic carbocycles. The predicted molar refractivity (Wildman–Crippen MR) is 53.4 cm³/mol. The third-order valence-corrected chi connectivity index (χ3v) is 0. The van der Waals surface area contributed by atoms with Crippen LogP contribution >= 0.6 is 0 Å². The van der Waals surface area contributed by atoms with E-state index in [2.05, 4.69) is 0 Å². The molecule has 35 heavy (non-hydrogen) atoms. The summed E-state index contributed by atoms with van der Waals surface area (Å²) < 4.78 is 0. The van der Waals surface area contributed by atoms with Crippen molar-refractivity contribution in [3.05, 3.63) is 0 Å². The molecule has 160 valence electrons. The van der Waals surface area contributed by atoms with Crippen molar-refractivity contribution in [1.29, 1.82) is 0 Å². The summed E-state index contributed by atoms with van der Waals surface area (Å²) in [5, 5.41) is 44.4. The molecule has 0 aliphatic rings. The van der Waals surface area contributed by atoms with Crippen LogP contribution in [0.4, 0.5) is 0 Å². The fourth-order valence-corrected chi connectivity index (χ4v) is 0. The molecule has 0 saturated heterocycles. The van der Waals surface area contributed by atoms with Crippen molar-refractivity contribution < 1.29 is 364 Å². The van der Waals surface area contributed by atoms with Gasteiger partial charge in [-0.3, -0.25) is 0 Å². The number of carboxylic acids is 5. The molecule has 0 atom stereocenters. The van der Waals surface area contributed by atoms with E-state index in [9.17, 15) is 0 Å². The summed E-state index contributed by atoms with van der Waals surface area (Å²) in [5.41, 5.74) is 0. The largest absolute Gasteiger partial charge is 1.00 e. The van der Waals surface area contributed by atoms with Crippen LogP contribution in [0.3, 0.4) is 0 Å². The van der Waals surface area contributed by atoms with Crippen molar-refractivity contribution in [2.45, 2.75) is 34.6 Å². The van der Waals surface area contributed by atoms with Gasteiger partial charge in [-0.05, 0) is 34.6 Å². The second-order valence-corrected chi connectivity index (χ2v) is 2.46. The molecule has 0 aromatic heterocycles. The van der Waals surface area contributed by atoms with Crippen molar-refractivity contribution in [1.82, 2.24) is 0 Å². The summed E-state index contributed by atoms with van der Waals surface area (Å²) >= 11 is 0. The molecule has 0 heterocycles. The third-order valence-electron chi connectivity index (χ3n) is 0. The molecule has 0 radical (unpaired) electrons. The quantitative estimate of drug-likeness (QED) is 0.230. The Kier molecular flexibility index (Phi) is 561. The number of rotatable bonds is 0. The first kappa shape index (κ1) is 145. The summed E-state index contributed by atoms with van der Waals surface area (Å²) in [4.78, 5) is 44.4. The van der Waals surface area contributed by atoms with E-state index in [0.29, 0.717) is 0 Å². The summed E-state index contributed by atoms with van der Waals surface area (Å²) in [6.07, 6.45) is 0. The molecule has 0 spiro atoms. The molecular formula is C10H15Cl5Li4Na6O10. The molecule has 25 heteroatoms. The van der Waals surface area contributed by atoms with E-state index in [4.69, 9.17) is 49.5 Å². The van der Waals surface area contributed by atoms with Crippen LogP contribution in [0.15, 0.2) is 0 Å².